The molecule has 0 aliphatic heterocycles. The van der Waals surface area contributed by atoms with Gasteiger partial charge in [0.2, 0.25) is 5.91 Å². The lowest BCUT2D eigenvalue weighted by molar-refractivity contribution is -0.122. The van der Waals surface area contributed by atoms with Crippen LogP contribution in [0.3, 0.4) is 0 Å². The van der Waals surface area contributed by atoms with Crippen molar-refractivity contribution in [3.05, 3.63) is 24.5 Å². The molecule has 1 saturated carbocycles. The van der Waals surface area contributed by atoms with Crippen LogP contribution in [-0.2, 0) is 4.79 Å². The molecule has 100 valence electrons. The van der Waals surface area contributed by atoms with Crippen LogP contribution in [-0.4, -0.2) is 26.0 Å². The highest BCUT2D eigenvalue weighted by molar-refractivity contribution is 5.97. The van der Waals surface area contributed by atoms with Crippen molar-refractivity contribution in [2.75, 3.05) is 5.32 Å². The number of carbonyl (C=O) groups is 1. The third-order valence-electron chi connectivity index (χ3n) is 3.73. The van der Waals surface area contributed by atoms with Gasteiger partial charge in [0.05, 0.1) is 11.7 Å². The first-order valence-corrected chi connectivity index (χ1v) is 6.58. The summed E-state index contributed by atoms with van der Waals surface area (Å²) in [5, 5.41) is 7.02. The third kappa shape index (κ3) is 2.19. The Bertz CT molecular complexity index is 600. The molecule has 3 rings (SSSR count). The normalized spacial score (nSPS) is 18.4. The molecule has 6 heteroatoms. The zero-order valence-corrected chi connectivity index (χ0v) is 10.7. The van der Waals surface area contributed by atoms with Gasteiger partial charge in [0.25, 0.3) is 0 Å². The predicted octanol–water partition coefficient (Wildman–Crippen LogP) is 1.33. The summed E-state index contributed by atoms with van der Waals surface area (Å²) in [6.45, 7) is 0. The number of hydrogen-bond donors (Lipinski definition) is 2. The van der Waals surface area contributed by atoms with E-state index in [4.69, 9.17) is 5.73 Å². The Hall–Kier alpha value is -1.95. The fourth-order valence-corrected chi connectivity index (χ4v) is 2.58. The quantitative estimate of drug-likeness (QED) is 0.852. The topological polar surface area (TPSA) is 85.3 Å². The molecule has 1 aliphatic rings. The van der Waals surface area contributed by atoms with E-state index < -0.39 is 5.54 Å². The second-order valence-electron chi connectivity index (χ2n) is 5.10. The van der Waals surface area contributed by atoms with Crippen LogP contribution in [0.4, 0.5) is 5.82 Å². The minimum Gasteiger partial charge on any atom is -0.317 e. The molecular formula is C13H17N5O. The summed E-state index contributed by atoms with van der Waals surface area (Å²) in [6.07, 6.45) is 7.96. The van der Waals surface area contributed by atoms with Gasteiger partial charge in [-0.25, -0.2) is 4.98 Å². The van der Waals surface area contributed by atoms with Gasteiger partial charge < -0.3 is 11.1 Å². The average Bonchev–Trinajstić information content (AvgIpc) is 2.89. The van der Waals surface area contributed by atoms with E-state index in [9.17, 15) is 4.79 Å². The van der Waals surface area contributed by atoms with Crippen molar-refractivity contribution >= 4 is 17.4 Å². The Labute approximate surface area is 111 Å². The molecule has 2 aromatic rings. The van der Waals surface area contributed by atoms with E-state index in [1.807, 2.05) is 0 Å². The van der Waals surface area contributed by atoms with E-state index >= 15 is 0 Å². The average molecular weight is 259 g/mol. The number of amides is 1. The lowest BCUT2D eigenvalue weighted by Gasteiger charge is -2.31. The molecule has 0 unspecified atom stereocenters. The van der Waals surface area contributed by atoms with Crippen molar-refractivity contribution in [2.24, 2.45) is 5.73 Å². The predicted molar refractivity (Wildman–Crippen MR) is 71.6 cm³/mol. The van der Waals surface area contributed by atoms with Crippen molar-refractivity contribution < 1.29 is 4.79 Å². The fraction of sp³-hybridized carbons (Fsp3) is 0.462. The molecule has 1 amide bonds. The number of nitrogens with two attached hydrogens (primary N) is 1. The van der Waals surface area contributed by atoms with Crippen LogP contribution in [0.25, 0.3) is 5.65 Å². The highest BCUT2D eigenvalue weighted by Gasteiger charge is 2.35. The number of nitrogens with one attached hydrogen (secondary N) is 1. The number of hydrogen-bond acceptors (Lipinski definition) is 4. The van der Waals surface area contributed by atoms with Crippen LogP contribution in [0.5, 0.6) is 0 Å². The van der Waals surface area contributed by atoms with Crippen LogP contribution < -0.4 is 11.1 Å². The zero-order chi connectivity index (χ0) is 13.3. The van der Waals surface area contributed by atoms with Crippen molar-refractivity contribution in [3.63, 3.8) is 0 Å². The summed E-state index contributed by atoms with van der Waals surface area (Å²) in [5.41, 5.74) is 6.16. The number of fused-ring (bicyclic) bond motifs is 1. The Morgan fingerprint density at radius 2 is 2.05 bits per heavy atom. The summed E-state index contributed by atoms with van der Waals surface area (Å²) < 4.78 is 1.60. The van der Waals surface area contributed by atoms with E-state index in [1.54, 1.807) is 29.0 Å². The lowest BCUT2D eigenvalue weighted by atomic mass is 9.82. The van der Waals surface area contributed by atoms with Gasteiger partial charge >= 0.3 is 0 Å². The molecule has 0 radical (unpaired) electrons. The van der Waals surface area contributed by atoms with E-state index in [0.29, 0.717) is 11.5 Å². The molecule has 1 fully saturated rings. The second kappa shape index (κ2) is 4.62. The van der Waals surface area contributed by atoms with Crippen molar-refractivity contribution in [1.29, 1.82) is 0 Å². The number of carbonyl (C=O) groups excluding carboxylic acids is 1. The van der Waals surface area contributed by atoms with Gasteiger partial charge in [0.15, 0.2) is 5.65 Å². The number of anilines is 1. The first-order valence-electron chi connectivity index (χ1n) is 6.58. The molecule has 0 bridgehead atoms. The smallest absolute Gasteiger partial charge is 0.245 e. The van der Waals surface area contributed by atoms with E-state index in [0.717, 1.165) is 32.1 Å². The zero-order valence-electron chi connectivity index (χ0n) is 10.7. The van der Waals surface area contributed by atoms with Gasteiger partial charge in [-0.1, -0.05) is 19.3 Å². The van der Waals surface area contributed by atoms with Crippen LogP contribution in [0.1, 0.15) is 32.1 Å². The number of rotatable bonds is 2. The van der Waals surface area contributed by atoms with Gasteiger partial charge in [-0.3, -0.25) is 4.79 Å². The summed E-state index contributed by atoms with van der Waals surface area (Å²) in [5.74, 6) is 0.477. The Kier molecular flexibility index (Phi) is 2.94. The molecule has 0 saturated heterocycles. The van der Waals surface area contributed by atoms with E-state index in [1.165, 1.54) is 0 Å². The van der Waals surface area contributed by atoms with Crippen LogP contribution in [0.15, 0.2) is 24.5 Å². The summed E-state index contributed by atoms with van der Waals surface area (Å²) in [7, 11) is 0. The third-order valence-corrected chi connectivity index (χ3v) is 3.73. The fourth-order valence-electron chi connectivity index (χ4n) is 2.58. The Morgan fingerprint density at radius 3 is 2.84 bits per heavy atom. The molecule has 0 aromatic carbocycles. The maximum Gasteiger partial charge on any atom is 0.245 e. The molecule has 19 heavy (non-hydrogen) atoms. The van der Waals surface area contributed by atoms with Gasteiger partial charge in [0, 0.05) is 12.3 Å². The molecule has 1 aliphatic carbocycles. The monoisotopic (exact) mass is 259 g/mol. The van der Waals surface area contributed by atoms with E-state index in [-0.39, 0.29) is 5.91 Å². The van der Waals surface area contributed by atoms with Crippen LogP contribution in [0.2, 0.25) is 0 Å². The molecule has 0 spiro atoms. The molecule has 6 nitrogen and oxygen atoms in total. The first-order chi connectivity index (χ1) is 9.19. The molecule has 2 heterocycles. The van der Waals surface area contributed by atoms with Crippen molar-refractivity contribution in [1.82, 2.24) is 14.6 Å². The summed E-state index contributed by atoms with van der Waals surface area (Å²) >= 11 is 0. The van der Waals surface area contributed by atoms with E-state index in [2.05, 4.69) is 15.4 Å². The Morgan fingerprint density at radius 1 is 1.26 bits per heavy atom. The van der Waals surface area contributed by atoms with Crippen LogP contribution >= 0.6 is 0 Å². The standard InChI is InChI=1S/C13H17N5O/c14-13(6-2-1-3-7-13)12(19)17-11-4-8-15-10-5-9-16-18(10)11/h4-5,8-9H,1-3,6-7,14H2,(H,17,19). The lowest BCUT2D eigenvalue weighted by Crippen LogP contribution is -2.52. The number of aromatic nitrogens is 3. The molecule has 0 atom stereocenters. The first kappa shape index (κ1) is 12.1. The minimum atomic E-state index is -0.749. The molecular weight excluding hydrogens is 242 g/mol. The maximum absolute atomic E-state index is 12.4. The largest absolute Gasteiger partial charge is 0.317 e. The van der Waals surface area contributed by atoms with Crippen molar-refractivity contribution in [3.8, 4) is 0 Å². The minimum absolute atomic E-state index is 0.129. The van der Waals surface area contributed by atoms with Crippen LogP contribution in [0, 0.1) is 0 Å². The highest BCUT2D eigenvalue weighted by atomic mass is 16.2. The van der Waals surface area contributed by atoms with Gasteiger partial charge in [-0.2, -0.15) is 9.61 Å². The molecule has 2 aromatic heterocycles. The highest BCUT2D eigenvalue weighted by Crippen LogP contribution is 2.27. The Balaban J connectivity index is 1.84. The van der Waals surface area contributed by atoms with Gasteiger partial charge in [-0.15, -0.1) is 0 Å². The second-order valence-corrected chi connectivity index (χ2v) is 5.10. The maximum atomic E-state index is 12.4. The van der Waals surface area contributed by atoms with Gasteiger partial charge in [-0.05, 0) is 18.9 Å². The summed E-state index contributed by atoms with van der Waals surface area (Å²) in [6, 6.07) is 3.51. The van der Waals surface area contributed by atoms with Crippen molar-refractivity contribution in [2.45, 2.75) is 37.6 Å². The summed E-state index contributed by atoms with van der Waals surface area (Å²) in [4.78, 5) is 16.5. The number of nitrogens with zero attached hydrogens (tertiary/aromatic N) is 3. The van der Waals surface area contributed by atoms with Gasteiger partial charge in [0.1, 0.15) is 5.82 Å². The SMILES string of the molecule is NC1(C(=O)Nc2ccnc3ccnn23)CCCCC1. The molecule has 3 N–H and O–H groups in total.